The number of aromatic nitrogens is 3. The van der Waals surface area contributed by atoms with Gasteiger partial charge in [0.1, 0.15) is 22.6 Å². The molecule has 36 heavy (non-hydrogen) atoms. The van der Waals surface area contributed by atoms with Crippen molar-refractivity contribution in [3.63, 3.8) is 0 Å². The van der Waals surface area contributed by atoms with Crippen LogP contribution in [0.15, 0.2) is 47.5 Å². The lowest BCUT2D eigenvalue weighted by atomic mass is 9.96. The molecule has 184 valence electrons. The van der Waals surface area contributed by atoms with E-state index in [1.54, 1.807) is 18.4 Å². The molecule has 0 radical (unpaired) electrons. The standard InChI is InChI=1S/C27H26N4O4S/c1-14-15(2)36-27-24(14)25(28-21(12-23(33)34)26-30-29-16(3)31(26)27)18-7-5-17(6-8-18)19-9-10-22(35-4)20(11-19)13-32/h5-11,21,32H,12-13H2,1-4H3,(H,33,34)/t21-/m0/s1. The number of carboxylic acids is 1. The van der Waals surface area contributed by atoms with Gasteiger partial charge in [0.15, 0.2) is 5.82 Å². The summed E-state index contributed by atoms with van der Waals surface area (Å²) in [5.41, 5.74) is 6.40. The van der Waals surface area contributed by atoms with Gasteiger partial charge in [0.25, 0.3) is 0 Å². The molecular weight excluding hydrogens is 476 g/mol. The van der Waals surface area contributed by atoms with Crippen molar-refractivity contribution in [2.45, 2.75) is 39.8 Å². The van der Waals surface area contributed by atoms with E-state index < -0.39 is 12.0 Å². The van der Waals surface area contributed by atoms with E-state index in [9.17, 15) is 15.0 Å². The first kappa shape index (κ1) is 23.9. The fourth-order valence-electron chi connectivity index (χ4n) is 4.59. The van der Waals surface area contributed by atoms with Crippen molar-refractivity contribution < 1.29 is 19.7 Å². The van der Waals surface area contributed by atoms with E-state index >= 15 is 0 Å². The summed E-state index contributed by atoms with van der Waals surface area (Å²) < 4.78 is 7.27. The summed E-state index contributed by atoms with van der Waals surface area (Å²) in [7, 11) is 1.58. The SMILES string of the molecule is COc1ccc(-c2ccc(C3=N[C@@H](CC(=O)O)c4nnc(C)n4-c4sc(C)c(C)c43)cc2)cc1CO. The Hall–Kier alpha value is -3.82. The number of benzene rings is 2. The number of aliphatic hydroxyl groups excluding tert-OH is 1. The average Bonchev–Trinajstić information content (AvgIpc) is 3.35. The molecule has 8 nitrogen and oxygen atoms in total. The second kappa shape index (κ2) is 9.33. The van der Waals surface area contributed by atoms with Gasteiger partial charge < -0.3 is 14.9 Å². The molecule has 0 spiro atoms. The summed E-state index contributed by atoms with van der Waals surface area (Å²) in [6.45, 7) is 5.91. The van der Waals surface area contributed by atoms with Crippen LogP contribution in [0.2, 0.25) is 0 Å². The zero-order valence-corrected chi connectivity index (χ0v) is 21.3. The Bertz CT molecular complexity index is 1500. The number of thiophene rings is 1. The first-order valence-corrected chi connectivity index (χ1v) is 12.3. The lowest BCUT2D eigenvalue weighted by Crippen LogP contribution is -2.10. The number of aliphatic hydroxyl groups is 1. The summed E-state index contributed by atoms with van der Waals surface area (Å²) in [5.74, 6) is 0.948. The number of ether oxygens (including phenoxy) is 1. The van der Waals surface area contributed by atoms with Gasteiger partial charge >= 0.3 is 5.97 Å². The molecule has 3 heterocycles. The summed E-state index contributed by atoms with van der Waals surface area (Å²) in [6.07, 6.45) is -0.178. The predicted octanol–water partition coefficient (Wildman–Crippen LogP) is 4.79. The molecule has 2 aromatic carbocycles. The highest BCUT2D eigenvalue weighted by molar-refractivity contribution is 7.15. The molecule has 1 aliphatic rings. The smallest absolute Gasteiger partial charge is 0.306 e. The van der Waals surface area contributed by atoms with Crippen LogP contribution in [0.3, 0.4) is 0 Å². The monoisotopic (exact) mass is 502 g/mol. The molecular formula is C27H26N4O4S. The summed E-state index contributed by atoms with van der Waals surface area (Å²) in [6, 6.07) is 13.1. The zero-order valence-electron chi connectivity index (χ0n) is 20.4. The van der Waals surface area contributed by atoms with E-state index in [4.69, 9.17) is 9.73 Å². The van der Waals surface area contributed by atoms with Gasteiger partial charge in [0, 0.05) is 21.6 Å². The van der Waals surface area contributed by atoms with E-state index in [0.717, 1.165) is 49.0 Å². The van der Waals surface area contributed by atoms with E-state index in [1.165, 1.54) is 0 Å². The number of rotatable bonds is 6. The topological polar surface area (TPSA) is 110 Å². The largest absolute Gasteiger partial charge is 0.496 e. The van der Waals surface area contributed by atoms with E-state index in [0.29, 0.717) is 17.4 Å². The maximum atomic E-state index is 11.7. The molecule has 0 unspecified atom stereocenters. The maximum absolute atomic E-state index is 11.7. The molecule has 0 amide bonds. The molecule has 2 N–H and O–H groups in total. The van der Waals surface area contributed by atoms with Crippen LogP contribution in [0.4, 0.5) is 0 Å². The third-order valence-corrected chi connectivity index (χ3v) is 7.74. The maximum Gasteiger partial charge on any atom is 0.306 e. The first-order valence-electron chi connectivity index (χ1n) is 11.5. The lowest BCUT2D eigenvalue weighted by Gasteiger charge is -2.12. The average molecular weight is 503 g/mol. The van der Waals surface area contributed by atoms with Crippen molar-refractivity contribution in [2.75, 3.05) is 7.11 Å². The summed E-state index contributed by atoms with van der Waals surface area (Å²) in [5, 5.41) is 28.8. The minimum Gasteiger partial charge on any atom is -0.496 e. The number of aliphatic carboxylic acids is 1. The van der Waals surface area contributed by atoms with E-state index in [2.05, 4.69) is 24.0 Å². The van der Waals surface area contributed by atoms with Crippen molar-refractivity contribution in [1.82, 2.24) is 14.8 Å². The van der Waals surface area contributed by atoms with Gasteiger partial charge in [-0.2, -0.15) is 0 Å². The first-order chi connectivity index (χ1) is 17.3. The number of methoxy groups -OCH3 is 1. The van der Waals surface area contributed by atoms with Crippen molar-refractivity contribution >= 4 is 23.0 Å². The van der Waals surface area contributed by atoms with Gasteiger partial charge in [0.2, 0.25) is 0 Å². The number of hydrogen-bond acceptors (Lipinski definition) is 7. The van der Waals surface area contributed by atoms with Gasteiger partial charge in [0.05, 0.1) is 25.8 Å². The lowest BCUT2D eigenvalue weighted by molar-refractivity contribution is -0.137. The molecule has 0 bridgehead atoms. The molecule has 0 fully saturated rings. The number of nitrogens with zero attached hydrogens (tertiary/aromatic N) is 4. The number of fused-ring (bicyclic) bond motifs is 3. The van der Waals surface area contributed by atoms with Crippen LogP contribution in [-0.4, -0.2) is 43.8 Å². The molecule has 1 aliphatic heterocycles. The Labute approximate surface area is 212 Å². The quantitative estimate of drug-likeness (QED) is 0.392. The molecule has 0 saturated carbocycles. The number of aryl methyl sites for hydroxylation is 2. The Balaban J connectivity index is 1.64. The molecule has 5 rings (SSSR count). The van der Waals surface area contributed by atoms with Crippen LogP contribution in [0.25, 0.3) is 16.1 Å². The third-order valence-electron chi connectivity index (χ3n) is 6.55. The molecule has 4 aromatic rings. The Morgan fingerprint density at radius 1 is 1.06 bits per heavy atom. The predicted molar refractivity (Wildman–Crippen MR) is 138 cm³/mol. The molecule has 0 saturated heterocycles. The van der Waals surface area contributed by atoms with Gasteiger partial charge in [-0.15, -0.1) is 21.5 Å². The van der Waals surface area contributed by atoms with Crippen molar-refractivity contribution in [3.8, 4) is 21.9 Å². The van der Waals surface area contributed by atoms with Crippen LogP contribution in [0, 0.1) is 20.8 Å². The van der Waals surface area contributed by atoms with Crippen LogP contribution < -0.4 is 4.74 Å². The Morgan fingerprint density at radius 3 is 2.42 bits per heavy atom. The number of carbonyl (C=O) groups is 1. The number of hydrogen-bond donors (Lipinski definition) is 2. The molecule has 1 atom stereocenters. The third kappa shape index (κ3) is 4.00. The fraction of sp³-hybridized carbons (Fsp3) is 0.259. The minimum atomic E-state index is -0.942. The molecule has 9 heteroatoms. The minimum absolute atomic E-state index is 0.112. The normalized spacial score (nSPS) is 14.6. The molecule has 0 aliphatic carbocycles. The molecule has 2 aromatic heterocycles. The second-order valence-electron chi connectivity index (χ2n) is 8.76. The van der Waals surface area contributed by atoms with Crippen LogP contribution in [0.5, 0.6) is 5.75 Å². The van der Waals surface area contributed by atoms with E-state index in [1.807, 2.05) is 54.0 Å². The van der Waals surface area contributed by atoms with Crippen LogP contribution in [0.1, 0.15) is 51.2 Å². The summed E-state index contributed by atoms with van der Waals surface area (Å²) >= 11 is 1.64. The van der Waals surface area contributed by atoms with Gasteiger partial charge in [-0.05, 0) is 49.6 Å². The highest BCUT2D eigenvalue weighted by atomic mass is 32.1. The van der Waals surface area contributed by atoms with Crippen molar-refractivity contribution in [3.05, 3.63) is 81.2 Å². The van der Waals surface area contributed by atoms with Gasteiger partial charge in [-0.1, -0.05) is 30.3 Å². The Morgan fingerprint density at radius 2 is 1.75 bits per heavy atom. The highest BCUT2D eigenvalue weighted by Gasteiger charge is 2.32. The van der Waals surface area contributed by atoms with E-state index in [-0.39, 0.29) is 13.0 Å². The fourth-order valence-corrected chi connectivity index (χ4v) is 5.81. The number of carboxylic acid groups (broad SMARTS) is 1. The van der Waals surface area contributed by atoms with Gasteiger partial charge in [-0.25, -0.2) is 0 Å². The Kier molecular flexibility index (Phi) is 6.19. The van der Waals surface area contributed by atoms with Crippen molar-refractivity contribution in [1.29, 1.82) is 0 Å². The summed E-state index contributed by atoms with van der Waals surface area (Å²) in [4.78, 5) is 17.9. The number of aliphatic imine (C=N–C) groups is 1. The highest BCUT2D eigenvalue weighted by Crippen LogP contribution is 2.39. The zero-order chi connectivity index (χ0) is 25.6. The van der Waals surface area contributed by atoms with Crippen molar-refractivity contribution in [2.24, 2.45) is 4.99 Å². The van der Waals surface area contributed by atoms with Gasteiger partial charge in [-0.3, -0.25) is 14.4 Å². The van der Waals surface area contributed by atoms with Crippen LogP contribution >= 0.6 is 11.3 Å². The second-order valence-corrected chi connectivity index (χ2v) is 9.96. The van der Waals surface area contributed by atoms with Crippen LogP contribution in [-0.2, 0) is 11.4 Å².